The lowest BCUT2D eigenvalue weighted by molar-refractivity contribution is -0.167. The highest BCUT2D eigenvalue weighted by atomic mass is 16.6. The SMILES string of the molecule is CCC/C=C\C/C=C\CCCCCCCC(=O)OCC(COC(=O)CCCCCCCCCC/C=C\C/C=C\C/C=C\CCCCCCC)OC(=O)CCCCCCCCCCCCCCCCCCCCCCC. The highest BCUT2D eigenvalue weighted by Crippen LogP contribution is 2.17. The molecule has 0 aromatic rings. The molecule has 75 heavy (non-hydrogen) atoms. The van der Waals surface area contributed by atoms with Crippen molar-refractivity contribution in [2.45, 2.75) is 348 Å². The lowest BCUT2D eigenvalue weighted by atomic mass is 10.0. The summed E-state index contributed by atoms with van der Waals surface area (Å²) in [5.41, 5.74) is 0. The summed E-state index contributed by atoms with van der Waals surface area (Å²) in [6, 6.07) is 0. The van der Waals surface area contributed by atoms with Gasteiger partial charge in [0, 0.05) is 19.3 Å². The van der Waals surface area contributed by atoms with E-state index in [4.69, 9.17) is 14.2 Å². The van der Waals surface area contributed by atoms with Crippen LogP contribution < -0.4 is 0 Å². The summed E-state index contributed by atoms with van der Waals surface area (Å²) in [6.07, 6.45) is 80.9. The molecule has 0 saturated carbocycles. The minimum absolute atomic E-state index is 0.0799. The maximum atomic E-state index is 12.9. The number of allylic oxidation sites excluding steroid dienone is 10. The Hall–Kier alpha value is -2.89. The Balaban J connectivity index is 4.31. The number of hydrogen-bond donors (Lipinski definition) is 0. The van der Waals surface area contributed by atoms with Gasteiger partial charge in [-0.2, -0.15) is 0 Å². The van der Waals surface area contributed by atoms with Crippen molar-refractivity contribution in [1.82, 2.24) is 0 Å². The normalized spacial score (nSPS) is 12.4. The van der Waals surface area contributed by atoms with E-state index in [0.29, 0.717) is 19.3 Å². The van der Waals surface area contributed by atoms with Crippen LogP contribution in [0, 0.1) is 0 Å². The molecule has 1 atom stereocenters. The van der Waals surface area contributed by atoms with Crippen LogP contribution in [0.5, 0.6) is 0 Å². The molecule has 0 aromatic heterocycles. The van der Waals surface area contributed by atoms with Gasteiger partial charge < -0.3 is 14.2 Å². The Bertz CT molecular complexity index is 1340. The van der Waals surface area contributed by atoms with Gasteiger partial charge in [-0.05, 0) is 83.5 Å². The van der Waals surface area contributed by atoms with Crippen molar-refractivity contribution in [3.05, 3.63) is 60.8 Å². The van der Waals surface area contributed by atoms with Crippen LogP contribution >= 0.6 is 0 Å². The predicted molar refractivity (Wildman–Crippen MR) is 325 cm³/mol. The molecular formula is C69H124O6. The van der Waals surface area contributed by atoms with Gasteiger partial charge in [-0.1, -0.05) is 300 Å². The van der Waals surface area contributed by atoms with Crippen molar-refractivity contribution >= 4 is 17.9 Å². The molecule has 0 spiro atoms. The molecule has 0 bridgehead atoms. The summed E-state index contributed by atoms with van der Waals surface area (Å²) < 4.78 is 16.9. The first-order chi connectivity index (χ1) is 37.0. The third-order valence-electron chi connectivity index (χ3n) is 14.5. The first-order valence-corrected chi connectivity index (χ1v) is 32.8. The van der Waals surface area contributed by atoms with Crippen LogP contribution in [-0.4, -0.2) is 37.2 Å². The fraction of sp³-hybridized carbons (Fsp3) is 0.812. The van der Waals surface area contributed by atoms with Gasteiger partial charge in [0.1, 0.15) is 13.2 Å². The van der Waals surface area contributed by atoms with E-state index >= 15 is 0 Å². The quantitative estimate of drug-likeness (QED) is 0.0261. The molecule has 436 valence electrons. The van der Waals surface area contributed by atoms with E-state index in [1.807, 2.05) is 0 Å². The number of carbonyl (C=O) groups is 3. The van der Waals surface area contributed by atoms with E-state index in [1.54, 1.807) is 0 Å². The van der Waals surface area contributed by atoms with E-state index in [1.165, 1.54) is 199 Å². The maximum Gasteiger partial charge on any atom is 0.306 e. The molecule has 0 fully saturated rings. The van der Waals surface area contributed by atoms with Crippen LogP contribution in [-0.2, 0) is 28.6 Å². The fourth-order valence-corrected chi connectivity index (χ4v) is 9.55. The Morgan fingerprint density at radius 1 is 0.267 bits per heavy atom. The van der Waals surface area contributed by atoms with Gasteiger partial charge in [0.2, 0.25) is 0 Å². The van der Waals surface area contributed by atoms with Gasteiger partial charge in [-0.25, -0.2) is 0 Å². The number of ether oxygens (including phenoxy) is 3. The zero-order chi connectivity index (χ0) is 54.3. The van der Waals surface area contributed by atoms with Crippen LogP contribution in [0.25, 0.3) is 0 Å². The van der Waals surface area contributed by atoms with E-state index < -0.39 is 6.10 Å². The summed E-state index contributed by atoms with van der Waals surface area (Å²) in [4.78, 5) is 38.3. The van der Waals surface area contributed by atoms with Crippen LogP contribution in [0.3, 0.4) is 0 Å². The number of esters is 3. The lowest BCUT2D eigenvalue weighted by Crippen LogP contribution is -2.30. The first kappa shape index (κ1) is 72.1. The third-order valence-corrected chi connectivity index (χ3v) is 14.5. The molecule has 6 nitrogen and oxygen atoms in total. The third kappa shape index (κ3) is 61.8. The fourth-order valence-electron chi connectivity index (χ4n) is 9.55. The van der Waals surface area contributed by atoms with Gasteiger partial charge in [0.25, 0.3) is 0 Å². The molecular weight excluding hydrogens is 925 g/mol. The predicted octanol–water partition coefficient (Wildman–Crippen LogP) is 22.3. The van der Waals surface area contributed by atoms with E-state index in [2.05, 4.69) is 81.5 Å². The van der Waals surface area contributed by atoms with Crippen molar-refractivity contribution < 1.29 is 28.6 Å². The van der Waals surface area contributed by atoms with Crippen molar-refractivity contribution in [1.29, 1.82) is 0 Å². The second-order valence-corrected chi connectivity index (χ2v) is 22.0. The largest absolute Gasteiger partial charge is 0.462 e. The first-order valence-electron chi connectivity index (χ1n) is 32.8. The molecule has 0 aliphatic carbocycles. The Morgan fingerprint density at radius 2 is 0.507 bits per heavy atom. The zero-order valence-corrected chi connectivity index (χ0v) is 50.1. The molecule has 0 amide bonds. The average molecular weight is 1050 g/mol. The second-order valence-electron chi connectivity index (χ2n) is 22.0. The molecule has 0 aliphatic heterocycles. The van der Waals surface area contributed by atoms with Crippen LogP contribution in [0.15, 0.2) is 60.8 Å². The van der Waals surface area contributed by atoms with E-state index in [9.17, 15) is 14.4 Å². The van der Waals surface area contributed by atoms with Crippen molar-refractivity contribution in [3.8, 4) is 0 Å². The van der Waals surface area contributed by atoms with Gasteiger partial charge in [-0.3, -0.25) is 14.4 Å². The Kier molecular flexibility index (Phi) is 61.2. The molecule has 0 N–H and O–H groups in total. The second kappa shape index (κ2) is 63.6. The monoisotopic (exact) mass is 1050 g/mol. The summed E-state index contributed by atoms with van der Waals surface area (Å²) in [6.45, 7) is 6.60. The molecule has 0 saturated heterocycles. The van der Waals surface area contributed by atoms with Crippen molar-refractivity contribution in [3.63, 3.8) is 0 Å². The van der Waals surface area contributed by atoms with Gasteiger partial charge in [0.05, 0.1) is 0 Å². The standard InChI is InChI=1S/C69H124O6/c1-4-7-10-13-16-19-22-25-27-29-31-33-34-36-37-39-41-44-47-50-53-56-59-62-68(71)74-65-66(64-73-67(70)61-58-55-52-49-46-43-24-21-18-15-12-9-6-3)75-69(72)63-60-57-54-51-48-45-42-40-38-35-32-30-28-26-23-20-17-14-11-8-5-2/h12,15,21-22,24-25,29,31,34,36,66H,4-11,13-14,16-20,23,26-28,30,32-33,35,37-65H2,1-3H3/b15-12-,24-21-,25-22-,31-29-,36-34-. The van der Waals surface area contributed by atoms with Crippen LogP contribution in [0.4, 0.5) is 0 Å². The maximum absolute atomic E-state index is 12.9. The van der Waals surface area contributed by atoms with Crippen LogP contribution in [0.2, 0.25) is 0 Å². The number of carbonyl (C=O) groups excluding carboxylic acids is 3. The van der Waals surface area contributed by atoms with Gasteiger partial charge in [-0.15, -0.1) is 0 Å². The summed E-state index contributed by atoms with van der Waals surface area (Å²) in [5.74, 6) is -0.882. The highest BCUT2D eigenvalue weighted by Gasteiger charge is 2.19. The zero-order valence-electron chi connectivity index (χ0n) is 50.1. The molecule has 0 heterocycles. The van der Waals surface area contributed by atoms with E-state index in [0.717, 1.165) is 103 Å². The molecule has 6 heteroatoms. The summed E-state index contributed by atoms with van der Waals surface area (Å²) in [5, 5.41) is 0. The molecule has 0 aliphatic rings. The Morgan fingerprint density at radius 3 is 0.800 bits per heavy atom. The van der Waals surface area contributed by atoms with Crippen LogP contribution in [0.1, 0.15) is 342 Å². The Labute approximate surface area is 466 Å². The van der Waals surface area contributed by atoms with Crippen molar-refractivity contribution in [2.24, 2.45) is 0 Å². The molecule has 0 aromatic carbocycles. The number of rotatable bonds is 60. The topological polar surface area (TPSA) is 78.9 Å². The number of hydrogen-bond acceptors (Lipinski definition) is 6. The summed E-state index contributed by atoms with van der Waals surface area (Å²) >= 11 is 0. The minimum atomic E-state index is -0.783. The molecule has 0 rings (SSSR count). The summed E-state index contributed by atoms with van der Waals surface area (Å²) in [7, 11) is 0. The van der Waals surface area contributed by atoms with E-state index in [-0.39, 0.29) is 31.1 Å². The van der Waals surface area contributed by atoms with Gasteiger partial charge in [0.15, 0.2) is 6.10 Å². The smallest absolute Gasteiger partial charge is 0.306 e. The van der Waals surface area contributed by atoms with Crippen molar-refractivity contribution in [2.75, 3.05) is 13.2 Å². The highest BCUT2D eigenvalue weighted by molar-refractivity contribution is 5.71. The lowest BCUT2D eigenvalue weighted by Gasteiger charge is -2.18. The van der Waals surface area contributed by atoms with Gasteiger partial charge >= 0.3 is 17.9 Å². The molecule has 1 unspecified atom stereocenters. The average Bonchev–Trinajstić information content (AvgIpc) is 3.41. The minimum Gasteiger partial charge on any atom is -0.462 e. The molecule has 0 radical (unpaired) electrons. The number of unbranched alkanes of at least 4 members (excludes halogenated alkanes) is 39.